The lowest BCUT2D eigenvalue weighted by Gasteiger charge is -2.26. The molecule has 0 fully saturated rings. The summed E-state index contributed by atoms with van der Waals surface area (Å²) >= 11 is 0. The Morgan fingerprint density at radius 1 is 1.09 bits per heavy atom. The van der Waals surface area contributed by atoms with Crippen molar-refractivity contribution in [3.05, 3.63) is 59.7 Å². The third-order valence-electron chi connectivity index (χ3n) is 6.09. The number of carbonyl (C=O) groups is 2. The summed E-state index contributed by atoms with van der Waals surface area (Å²) in [6.07, 6.45) is -0.733. The number of benzene rings is 2. The minimum atomic E-state index is -0.813. The molecule has 3 rings (SSSR count). The van der Waals surface area contributed by atoms with Gasteiger partial charge in [-0.2, -0.15) is 4.58 Å². The molecule has 1 heterocycles. The summed E-state index contributed by atoms with van der Waals surface area (Å²) in [5.41, 5.74) is 0.859. The van der Waals surface area contributed by atoms with Gasteiger partial charge in [0.25, 0.3) is 5.71 Å². The van der Waals surface area contributed by atoms with Gasteiger partial charge >= 0.3 is 11.8 Å². The number of carbonyl (C=O) groups excluding carboxylic acids is 2. The van der Waals surface area contributed by atoms with Gasteiger partial charge in [-0.05, 0) is 42.6 Å². The Labute approximate surface area is 198 Å². The molecule has 0 bridgehead atoms. The van der Waals surface area contributed by atoms with Gasteiger partial charge in [-0.3, -0.25) is 4.79 Å². The van der Waals surface area contributed by atoms with E-state index in [-0.39, 0.29) is 35.6 Å². The normalized spacial score (nSPS) is 18.1. The van der Waals surface area contributed by atoms with Gasteiger partial charge in [0.05, 0.1) is 18.0 Å². The van der Waals surface area contributed by atoms with Crippen LogP contribution in [0.15, 0.2) is 42.5 Å². The van der Waals surface area contributed by atoms with E-state index in [1.54, 1.807) is 38.2 Å². The number of hydrogen-bond acceptors (Lipinski definition) is 4. The Bertz CT molecular complexity index is 1090. The fourth-order valence-corrected chi connectivity index (χ4v) is 4.32. The zero-order valence-electron chi connectivity index (χ0n) is 20.2. The van der Waals surface area contributed by atoms with Crippen molar-refractivity contribution < 1.29 is 28.1 Å². The van der Waals surface area contributed by atoms with Crippen molar-refractivity contribution in [2.45, 2.75) is 52.3 Å². The molecule has 1 aliphatic rings. The van der Waals surface area contributed by atoms with Gasteiger partial charge in [0.1, 0.15) is 23.8 Å². The average molecular weight is 473 g/mol. The Morgan fingerprint density at radius 2 is 1.68 bits per heavy atom. The van der Waals surface area contributed by atoms with Gasteiger partial charge in [0, 0.05) is 0 Å². The number of nitrogens with one attached hydrogen (secondary N) is 2. The number of likely N-dealkylation sites (N-methyl/N-ethyl adjacent to an activating group) is 1. The molecule has 0 unspecified atom stereocenters. The molecule has 0 saturated carbocycles. The fraction of sp³-hybridized carbons (Fsp3) is 0.423. The maximum atomic E-state index is 14.1. The van der Waals surface area contributed by atoms with Crippen LogP contribution in [0.5, 0.6) is 0 Å². The molecular weight excluding hydrogens is 440 g/mol. The standard InChI is InChI=1S/C26H31F2N3O3/c1-15(16-9-11-17(12-10-16)22-19(27)7-6-8-20(22)28)30-24(33)21-13-18(32)14-31(21)25(34)23(29-5)26(2,3)4/h6-12,15,18,23,29,32H,13-14H2,1-5H3/p+1/t15-,18+,23+/m0/s1. The van der Waals surface area contributed by atoms with Gasteiger partial charge in [0.2, 0.25) is 0 Å². The molecule has 0 spiro atoms. The minimum Gasteiger partial charge on any atom is -0.386 e. The van der Waals surface area contributed by atoms with Gasteiger partial charge < -0.3 is 15.7 Å². The maximum absolute atomic E-state index is 14.1. The summed E-state index contributed by atoms with van der Waals surface area (Å²) < 4.78 is 29.5. The predicted octanol–water partition coefficient (Wildman–Crippen LogP) is 3.19. The van der Waals surface area contributed by atoms with E-state index in [9.17, 15) is 23.5 Å². The van der Waals surface area contributed by atoms with E-state index < -0.39 is 35.7 Å². The maximum Gasteiger partial charge on any atom is 0.404 e. The van der Waals surface area contributed by atoms with E-state index in [4.69, 9.17) is 0 Å². The van der Waals surface area contributed by atoms with Crippen molar-refractivity contribution in [3.8, 4) is 11.1 Å². The highest BCUT2D eigenvalue weighted by Gasteiger charge is 2.45. The van der Waals surface area contributed by atoms with Gasteiger partial charge in [-0.25, -0.2) is 13.6 Å². The van der Waals surface area contributed by atoms with Crippen LogP contribution in [0.3, 0.4) is 0 Å². The van der Waals surface area contributed by atoms with Crippen LogP contribution >= 0.6 is 0 Å². The highest BCUT2D eigenvalue weighted by molar-refractivity contribution is 6.38. The second kappa shape index (κ2) is 10.1. The van der Waals surface area contributed by atoms with E-state index in [2.05, 4.69) is 10.6 Å². The van der Waals surface area contributed by atoms with Crippen molar-refractivity contribution in [3.63, 3.8) is 0 Å². The Kier molecular flexibility index (Phi) is 7.63. The molecule has 1 aliphatic heterocycles. The van der Waals surface area contributed by atoms with Crippen molar-refractivity contribution in [2.75, 3.05) is 13.6 Å². The topological polar surface area (TPSA) is 81.4 Å². The molecule has 0 aliphatic carbocycles. The van der Waals surface area contributed by atoms with Crippen molar-refractivity contribution >= 4 is 17.5 Å². The molecule has 2 amide bonds. The number of halogens is 2. The molecular formula is C26H32F2N3O3+. The van der Waals surface area contributed by atoms with Crippen molar-refractivity contribution in [1.29, 1.82) is 0 Å². The first-order chi connectivity index (χ1) is 15.9. The second-order valence-electron chi connectivity index (χ2n) is 9.76. The predicted molar refractivity (Wildman–Crippen MR) is 126 cm³/mol. The molecule has 3 N–H and O–H groups in total. The number of rotatable bonds is 6. The summed E-state index contributed by atoms with van der Waals surface area (Å²) in [6.45, 7) is 7.62. The fourth-order valence-electron chi connectivity index (χ4n) is 4.32. The number of hydrogen-bond donors (Lipinski definition) is 3. The van der Waals surface area contributed by atoms with E-state index in [0.717, 1.165) is 5.56 Å². The lowest BCUT2D eigenvalue weighted by molar-refractivity contribution is -0.450. The van der Waals surface area contributed by atoms with E-state index in [0.29, 0.717) is 5.56 Å². The number of aliphatic hydroxyl groups is 1. The first kappa shape index (κ1) is 25.6. The van der Waals surface area contributed by atoms with Crippen molar-refractivity contribution in [2.24, 2.45) is 5.41 Å². The SMILES string of the molecule is CN[C@H](C(=O)[N+]1=C(C(=O)N[C@@H](C)c2ccc(-c3c(F)cccc3F)cc2)C[C@@H](O)C1)C(C)(C)C. The van der Waals surface area contributed by atoms with E-state index >= 15 is 0 Å². The van der Waals surface area contributed by atoms with Crippen LogP contribution in [0.1, 0.15) is 45.7 Å². The monoisotopic (exact) mass is 472 g/mol. The van der Waals surface area contributed by atoms with Gasteiger partial charge in [-0.15, -0.1) is 0 Å². The zero-order valence-corrected chi connectivity index (χ0v) is 20.2. The van der Waals surface area contributed by atoms with E-state index in [1.807, 2.05) is 20.8 Å². The van der Waals surface area contributed by atoms with Crippen LogP contribution in [0.25, 0.3) is 11.1 Å². The number of nitrogens with zero attached hydrogens (tertiary/aromatic N) is 1. The highest BCUT2D eigenvalue weighted by Crippen LogP contribution is 2.27. The van der Waals surface area contributed by atoms with Crippen LogP contribution < -0.4 is 10.6 Å². The zero-order chi connectivity index (χ0) is 25.2. The molecule has 6 nitrogen and oxygen atoms in total. The molecule has 0 saturated heterocycles. The molecule has 0 aromatic heterocycles. The first-order valence-electron chi connectivity index (χ1n) is 11.3. The molecule has 8 heteroatoms. The van der Waals surface area contributed by atoms with Crippen LogP contribution in [-0.4, -0.2) is 52.9 Å². The summed E-state index contributed by atoms with van der Waals surface area (Å²) in [4.78, 5) is 26.2. The summed E-state index contributed by atoms with van der Waals surface area (Å²) in [6, 6.07) is 9.35. The molecule has 2 aromatic carbocycles. The quantitative estimate of drug-likeness (QED) is 0.564. The van der Waals surface area contributed by atoms with E-state index in [1.165, 1.54) is 22.8 Å². The molecule has 0 radical (unpaired) electrons. The third-order valence-corrected chi connectivity index (χ3v) is 6.09. The number of amides is 2. The lowest BCUT2D eigenvalue weighted by atomic mass is 9.86. The van der Waals surface area contributed by atoms with Gasteiger partial charge in [-0.1, -0.05) is 51.1 Å². The van der Waals surface area contributed by atoms with Gasteiger partial charge in [0.15, 0.2) is 6.54 Å². The summed E-state index contributed by atoms with van der Waals surface area (Å²) in [5, 5.41) is 16.1. The lowest BCUT2D eigenvalue weighted by Crippen LogP contribution is -2.51. The van der Waals surface area contributed by atoms with Crippen LogP contribution in [0, 0.1) is 17.0 Å². The number of β-amino-alcohol motifs (C(OH)–C–C–N with tert-alkyl or cyclic N) is 1. The Hall–Kier alpha value is -2.97. The minimum absolute atomic E-state index is 0.0626. The van der Waals surface area contributed by atoms with Crippen LogP contribution in [0.2, 0.25) is 0 Å². The second-order valence-corrected chi connectivity index (χ2v) is 9.76. The molecule has 3 atom stereocenters. The molecule has 34 heavy (non-hydrogen) atoms. The summed E-state index contributed by atoms with van der Waals surface area (Å²) in [7, 11) is 1.69. The Balaban J connectivity index is 1.80. The Morgan fingerprint density at radius 3 is 2.21 bits per heavy atom. The molecule has 2 aromatic rings. The largest absolute Gasteiger partial charge is 0.404 e. The van der Waals surface area contributed by atoms with Crippen molar-refractivity contribution in [1.82, 2.24) is 10.6 Å². The van der Waals surface area contributed by atoms with Crippen LogP contribution in [0.4, 0.5) is 8.78 Å². The molecule has 182 valence electrons. The third kappa shape index (κ3) is 5.39. The smallest absolute Gasteiger partial charge is 0.386 e. The highest BCUT2D eigenvalue weighted by atomic mass is 19.1. The summed E-state index contributed by atoms with van der Waals surface area (Å²) in [5.74, 6) is -2.00. The van der Waals surface area contributed by atoms with Crippen LogP contribution in [-0.2, 0) is 9.59 Å². The average Bonchev–Trinajstić information content (AvgIpc) is 3.15. The first-order valence-corrected chi connectivity index (χ1v) is 11.3. The number of aliphatic hydroxyl groups excluding tert-OH is 1.